The normalized spacial score (nSPS) is 36.5. The lowest BCUT2D eigenvalue weighted by Crippen LogP contribution is -2.49. The Morgan fingerprint density at radius 1 is 1.35 bits per heavy atom. The minimum atomic E-state index is 0.375. The van der Waals surface area contributed by atoms with Crippen molar-refractivity contribution in [2.75, 3.05) is 45.2 Å². The molecule has 0 spiro atoms. The Bertz CT molecular complexity index is 239. The Morgan fingerprint density at radius 2 is 2.18 bits per heavy atom. The summed E-state index contributed by atoms with van der Waals surface area (Å²) < 4.78 is 5.87. The molecule has 0 amide bonds. The molecule has 0 aliphatic carbocycles. The number of alkyl halides is 1. The molecule has 0 aromatic carbocycles. The zero-order valence-corrected chi connectivity index (χ0v) is 11.8. The molecule has 3 unspecified atom stereocenters. The van der Waals surface area contributed by atoms with Crippen molar-refractivity contribution in [3.8, 4) is 0 Å². The van der Waals surface area contributed by atoms with Gasteiger partial charge in [0, 0.05) is 31.6 Å². The fraction of sp³-hybridized carbons (Fsp3) is 1.00. The predicted octanol–water partition coefficient (Wildman–Crippen LogP) is 1.66. The average molecular weight is 261 g/mol. The molecule has 2 rings (SSSR count). The molecule has 3 atom stereocenters. The second-order valence-corrected chi connectivity index (χ2v) is 5.68. The van der Waals surface area contributed by atoms with Gasteiger partial charge in [-0.1, -0.05) is 13.8 Å². The smallest absolute Gasteiger partial charge is 0.0829 e. The van der Waals surface area contributed by atoms with Crippen LogP contribution in [0.25, 0.3) is 0 Å². The van der Waals surface area contributed by atoms with Gasteiger partial charge >= 0.3 is 0 Å². The first-order valence-electron chi connectivity index (χ1n) is 6.88. The predicted molar refractivity (Wildman–Crippen MR) is 71.7 cm³/mol. The molecule has 2 heterocycles. The Balaban J connectivity index is 1.83. The van der Waals surface area contributed by atoms with Gasteiger partial charge in [0.05, 0.1) is 12.7 Å². The number of hydrogen-bond donors (Lipinski definition) is 0. The zero-order valence-electron chi connectivity index (χ0n) is 11.1. The number of ether oxygens (including phenoxy) is 1. The molecule has 0 radical (unpaired) electrons. The summed E-state index contributed by atoms with van der Waals surface area (Å²) in [4.78, 5) is 5.00. The maximum Gasteiger partial charge on any atom is 0.0829 e. The fourth-order valence-electron chi connectivity index (χ4n) is 3.00. The maximum absolute atomic E-state index is 6.08. The van der Waals surface area contributed by atoms with E-state index in [1.807, 2.05) is 0 Å². The van der Waals surface area contributed by atoms with Crippen LogP contribution in [0.15, 0.2) is 0 Å². The third-order valence-corrected chi connectivity index (χ3v) is 4.58. The van der Waals surface area contributed by atoms with Gasteiger partial charge in [-0.05, 0) is 25.4 Å². The van der Waals surface area contributed by atoms with Crippen LogP contribution in [0.2, 0.25) is 0 Å². The van der Waals surface area contributed by atoms with Crippen LogP contribution in [-0.2, 0) is 4.74 Å². The number of rotatable bonds is 4. The third kappa shape index (κ3) is 3.34. The summed E-state index contributed by atoms with van der Waals surface area (Å²) in [5, 5.41) is 0. The highest BCUT2D eigenvalue weighted by atomic mass is 35.5. The molecule has 4 heteroatoms. The molecule has 0 saturated carbocycles. The van der Waals surface area contributed by atoms with Crippen molar-refractivity contribution in [1.29, 1.82) is 0 Å². The van der Waals surface area contributed by atoms with Gasteiger partial charge in [0.25, 0.3) is 0 Å². The molecule has 2 fully saturated rings. The van der Waals surface area contributed by atoms with E-state index in [0.717, 1.165) is 44.6 Å². The van der Waals surface area contributed by atoms with Crippen LogP contribution in [0.4, 0.5) is 0 Å². The number of likely N-dealkylation sites (N-methyl/N-ethyl adjacent to an activating group) is 1. The summed E-state index contributed by atoms with van der Waals surface area (Å²) in [6.45, 7) is 11.0. The van der Waals surface area contributed by atoms with Crippen molar-refractivity contribution in [1.82, 2.24) is 9.80 Å². The maximum atomic E-state index is 6.08. The van der Waals surface area contributed by atoms with Gasteiger partial charge in [-0.15, -0.1) is 11.6 Å². The summed E-state index contributed by atoms with van der Waals surface area (Å²) in [7, 11) is 0. The van der Waals surface area contributed by atoms with Crippen LogP contribution < -0.4 is 0 Å². The van der Waals surface area contributed by atoms with Gasteiger partial charge in [-0.3, -0.25) is 9.80 Å². The molecule has 100 valence electrons. The quantitative estimate of drug-likeness (QED) is 0.715. The number of morpholine rings is 1. The van der Waals surface area contributed by atoms with E-state index in [0.29, 0.717) is 12.1 Å². The van der Waals surface area contributed by atoms with Gasteiger partial charge in [-0.2, -0.15) is 0 Å². The van der Waals surface area contributed by atoms with Crippen LogP contribution in [0.1, 0.15) is 20.3 Å². The Kier molecular flexibility index (Phi) is 5.10. The van der Waals surface area contributed by atoms with Gasteiger partial charge in [0.15, 0.2) is 0 Å². The van der Waals surface area contributed by atoms with E-state index in [4.69, 9.17) is 16.3 Å². The monoisotopic (exact) mass is 260 g/mol. The number of halogens is 1. The minimum absolute atomic E-state index is 0.375. The molecule has 2 aliphatic rings. The zero-order chi connectivity index (χ0) is 12.3. The van der Waals surface area contributed by atoms with Crippen LogP contribution >= 0.6 is 11.6 Å². The van der Waals surface area contributed by atoms with E-state index in [1.54, 1.807) is 0 Å². The van der Waals surface area contributed by atoms with Crippen molar-refractivity contribution < 1.29 is 4.74 Å². The van der Waals surface area contributed by atoms with Crippen molar-refractivity contribution >= 4 is 11.6 Å². The van der Waals surface area contributed by atoms with Crippen molar-refractivity contribution in [3.05, 3.63) is 0 Å². The highest BCUT2D eigenvalue weighted by Crippen LogP contribution is 2.25. The second-order valence-electron chi connectivity index (χ2n) is 5.37. The molecule has 0 aromatic heterocycles. The minimum Gasteiger partial charge on any atom is -0.374 e. The Labute approximate surface area is 110 Å². The van der Waals surface area contributed by atoms with Crippen LogP contribution in [0.5, 0.6) is 0 Å². The molecular weight excluding hydrogens is 236 g/mol. The summed E-state index contributed by atoms with van der Waals surface area (Å²) in [6, 6.07) is 0.553. The molecule has 2 saturated heterocycles. The summed E-state index contributed by atoms with van der Waals surface area (Å²) in [5.74, 6) is 1.49. The first-order valence-corrected chi connectivity index (χ1v) is 7.42. The molecule has 0 aromatic rings. The van der Waals surface area contributed by atoms with E-state index in [2.05, 4.69) is 23.6 Å². The molecule has 3 nitrogen and oxygen atoms in total. The van der Waals surface area contributed by atoms with Gasteiger partial charge in [0.2, 0.25) is 0 Å². The lowest BCUT2D eigenvalue weighted by atomic mass is 10.0. The standard InChI is InChI=1S/C13H25ClN2O/c1-3-15-6-7-17-12(9-15)10-16-5-4-11(2)13(16)8-14/h11-13H,3-10H2,1-2H3. The highest BCUT2D eigenvalue weighted by Gasteiger charge is 2.32. The van der Waals surface area contributed by atoms with Gasteiger partial charge < -0.3 is 4.74 Å². The number of nitrogens with zero attached hydrogens (tertiary/aromatic N) is 2. The molecule has 0 N–H and O–H groups in total. The van der Waals surface area contributed by atoms with E-state index in [9.17, 15) is 0 Å². The first-order chi connectivity index (χ1) is 8.24. The lowest BCUT2D eigenvalue weighted by Gasteiger charge is -2.35. The van der Waals surface area contributed by atoms with Gasteiger partial charge in [0.1, 0.15) is 0 Å². The van der Waals surface area contributed by atoms with Crippen molar-refractivity contribution in [2.24, 2.45) is 5.92 Å². The second kappa shape index (κ2) is 6.37. The summed E-state index contributed by atoms with van der Waals surface area (Å²) in [5.41, 5.74) is 0. The average Bonchev–Trinajstić information content (AvgIpc) is 2.70. The number of hydrogen-bond acceptors (Lipinski definition) is 3. The van der Waals surface area contributed by atoms with Crippen LogP contribution in [0, 0.1) is 5.92 Å². The molecular formula is C13H25ClN2O. The Hall–Kier alpha value is 0.170. The van der Waals surface area contributed by atoms with Crippen molar-refractivity contribution in [2.45, 2.75) is 32.4 Å². The topological polar surface area (TPSA) is 15.7 Å². The largest absolute Gasteiger partial charge is 0.374 e. The van der Waals surface area contributed by atoms with E-state index < -0.39 is 0 Å². The van der Waals surface area contributed by atoms with E-state index in [-0.39, 0.29) is 0 Å². The highest BCUT2D eigenvalue weighted by molar-refractivity contribution is 6.18. The Morgan fingerprint density at radius 3 is 2.88 bits per heavy atom. The summed E-state index contributed by atoms with van der Waals surface area (Å²) in [6.07, 6.45) is 1.65. The lowest BCUT2D eigenvalue weighted by molar-refractivity contribution is -0.0431. The van der Waals surface area contributed by atoms with E-state index >= 15 is 0 Å². The van der Waals surface area contributed by atoms with Crippen LogP contribution in [0.3, 0.4) is 0 Å². The van der Waals surface area contributed by atoms with Crippen molar-refractivity contribution in [3.63, 3.8) is 0 Å². The van der Waals surface area contributed by atoms with Crippen LogP contribution in [-0.4, -0.2) is 67.2 Å². The fourth-order valence-corrected chi connectivity index (χ4v) is 3.50. The van der Waals surface area contributed by atoms with Gasteiger partial charge in [-0.25, -0.2) is 0 Å². The molecule has 17 heavy (non-hydrogen) atoms. The molecule has 2 aliphatic heterocycles. The molecule has 0 bridgehead atoms. The first kappa shape index (κ1) is 13.6. The number of likely N-dealkylation sites (tertiary alicyclic amines) is 1. The van der Waals surface area contributed by atoms with E-state index in [1.165, 1.54) is 13.0 Å². The SMILES string of the molecule is CCN1CCOC(CN2CCC(C)C2CCl)C1. The summed E-state index contributed by atoms with van der Waals surface area (Å²) >= 11 is 6.08. The third-order valence-electron chi connectivity index (χ3n) is 4.26.